The van der Waals surface area contributed by atoms with Crippen LogP contribution in [0.4, 0.5) is 5.69 Å². The van der Waals surface area contributed by atoms with Crippen molar-refractivity contribution in [3.63, 3.8) is 0 Å². The zero-order valence-electron chi connectivity index (χ0n) is 12.1. The van der Waals surface area contributed by atoms with E-state index in [0.29, 0.717) is 22.3 Å². The quantitative estimate of drug-likeness (QED) is 0.868. The van der Waals surface area contributed by atoms with Crippen molar-refractivity contribution < 1.29 is 4.79 Å². The molecule has 0 saturated carbocycles. The third-order valence-electron chi connectivity index (χ3n) is 4.03. The highest BCUT2D eigenvalue weighted by atomic mass is 35.5. The summed E-state index contributed by atoms with van der Waals surface area (Å²) >= 11 is 5.96. The zero-order chi connectivity index (χ0) is 14.7. The topological polar surface area (TPSA) is 49.6 Å². The molecule has 0 spiro atoms. The molecule has 0 aliphatic carbocycles. The van der Waals surface area contributed by atoms with E-state index in [2.05, 4.69) is 18.7 Å². The molecule has 2 rings (SSSR count). The van der Waals surface area contributed by atoms with Crippen molar-refractivity contribution in [2.24, 2.45) is 0 Å². The lowest BCUT2D eigenvalue weighted by Crippen LogP contribution is -2.38. The number of hydrogen-bond acceptors (Lipinski definition) is 3. The van der Waals surface area contributed by atoms with Crippen molar-refractivity contribution in [1.82, 2.24) is 9.80 Å². The highest BCUT2D eigenvalue weighted by molar-refractivity contribution is 6.31. The molecule has 1 heterocycles. The van der Waals surface area contributed by atoms with E-state index in [-0.39, 0.29) is 5.91 Å². The summed E-state index contributed by atoms with van der Waals surface area (Å²) in [4.78, 5) is 16.8. The van der Waals surface area contributed by atoms with E-state index in [4.69, 9.17) is 17.3 Å². The number of carbonyl (C=O) groups excluding carboxylic acids is 1. The van der Waals surface area contributed by atoms with E-state index in [0.717, 1.165) is 32.6 Å². The summed E-state index contributed by atoms with van der Waals surface area (Å²) in [6.45, 7) is 7.90. The highest BCUT2D eigenvalue weighted by Crippen LogP contribution is 2.23. The van der Waals surface area contributed by atoms with Crippen LogP contribution in [0.25, 0.3) is 0 Å². The minimum Gasteiger partial charge on any atom is -0.398 e. The predicted octanol–water partition coefficient (Wildman–Crippen LogP) is 2.48. The third-order valence-corrected chi connectivity index (χ3v) is 4.26. The molecule has 0 radical (unpaired) electrons. The number of nitrogens with two attached hydrogens (primary N) is 1. The molecule has 2 N–H and O–H groups in total. The third kappa shape index (κ3) is 3.07. The molecular weight excluding hydrogens is 274 g/mol. The molecule has 1 aromatic carbocycles. The van der Waals surface area contributed by atoms with Crippen molar-refractivity contribution >= 4 is 23.2 Å². The average molecular weight is 296 g/mol. The number of nitrogens with zero attached hydrogens (tertiary/aromatic N) is 2. The summed E-state index contributed by atoms with van der Waals surface area (Å²) in [7, 11) is 0. The fraction of sp³-hybridized carbons (Fsp3) is 0.533. The van der Waals surface area contributed by atoms with Crippen LogP contribution in [-0.4, -0.2) is 47.9 Å². The first-order valence-electron chi connectivity index (χ1n) is 7.15. The van der Waals surface area contributed by atoms with E-state index in [1.54, 1.807) is 18.2 Å². The molecule has 20 heavy (non-hydrogen) atoms. The second kappa shape index (κ2) is 6.46. The zero-order valence-corrected chi connectivity index (χ0v) is 12.9. The van der Waals surface area contributed by atoms with Gasteiger partial charge in [-0.3, -0.25) is 9.69 Å². The van der Waals surface area contributed by atoms with Gasteiger partial charge in [0.2, 0.25) is 0 Å². The van der Waals surface area contributed by atoms with Gasteiger partial charge in [-0.05, 0) is 37.7 Å². The number of anilines is 1. The van der Waals surface area contributed by atoms with Crippen molar-refractivity contribution in [3.05, 3.63) is 28.8 Å². The summed E-state index contributed by atoms with van der Waals surface area (Å²) in [5.74, 6) is -0.0142. The van der Waals surface area contributed by atoms with Crippen LogP contribution in [-0.2, 0) is 0 Å². The predicted molar refractivity (Wildman–Crippen MR) is 83.1 cm³/mol. The molecule has 1 aliphatic rings. The Morgan fingerprint density at radius 3 is 2.80 bits per heavy atom. The molecule has 0 bridgehead atoms. The van der Waals surface area contributed by atoms with Gasteiger partial charge >= 0.3 is 0 Å². The first-order chi connectivity index (χ1) is 9.56. The Kier molecular flexibility index (Phi) is 4.89. The van der Waals surface area contributed by atoms with E-state index < -0.39 is 0 Å². The fourth-order valence-corrected chi connectivity index (χ4v) is 3.02. The van der Waals surface area contributed by atoms with Crippen LogP contribution in [0.3, 0.4) is 0 Å². The van der Waals surface area contributed by atoms with E-state index >= 15 is 0 Å². The van der Waals surface area contributed by atoms with Crippen LogP contribution < -0.4 is 5.73 Å². The average Bonchev–Trinajstić information content (AvgIpc) is 2.92. The number of hydrogen-bond donors (Lipinski definition) is 1. The van der Waals surface area contributed by atoms with Gasteiger partial charge in [0.15, 0.2) is 0 Å². The Morgan fingerprint density at radius 1 is 1.45 bits per heavy atom. The number of amides is 1. The second-order valence-corrected chi connectivity index (χ2v) is 5.58. The fourth-order valence-electron chi connectivity index (χ4n) is 2.85. The summed E-state index contributed by atoms with van der Waals surface area (Å²) in [6.07, 6.45) is 1.02. The molecule has 1 saturated heterocycles. The lowest BCUT2D eigenvalue weighted by Gasteiger charge is -2.26. The van der Waals surface area contributed by atoms with Crippen LogP contribution in [0.15, 0.2) is 18.2 Å². The Hall–Kier alpha value is -1.26. The Morgan fingerprint density at radius 2 is 2.15 bits per heavy atom. The number of carbonyl (C=O) groups is 1. The normalized spacial score (nSPS) is 18.8. The van der Waals surface area contributed by atoms with Crippen LogP contribution in [0.5, 0.6) is 0 Å². The molecule has 1 aromatic rings. The molecule has 0 aromatic heterocycles. The van der Waals surface area contributed by atoms with Gasteiger partial charge < -0.3 is 10.6 Å². The maximum Gasteiger partial charge on any atom is 0.256 e. The van der Waals surface area contributed by atoms with Crippen molar-refractivity contribution in [1.29, 1.82) is 0 Å². The van der Waals surface area contributed by atoms with Gasteiger partial charge in [0, 0.05) is 29.8 Å². The highest BCUT2D eigenvalue weighted by Gasteiger charge is 2.30. The number of halogens is 1. The summed E-state index contributed by atoms with van der Waals surface area (Å²) < 4.78 is 0. The maximum atomic E-state index is 12.5. The largest absolute Gasteiger partial charge is 0.398 e. The first kappa shape index (κ1) is 15.1. The number of nitrogen functional groups attached to an aromatic ring is 1. The molecule has 1 atom stereocenters. The number of likely N-dealkylation sites (N-methyl/N-ethyl adjacent to an activating group) is 1. The molecule has 5 heteroatoms. The van der Waals surface area contributed by atoms with Crippen LogP contribution in [0.1, 0.15) is 30.6 Å². The molecule has 4 nitrogen and oxygen atoms in total. The van der Waals surface area contributed by atoms with Crippen LogP contribution >= 0.6 is 11.6 Å². The number of likely N-dealkylation sites (tertiary alicyclic amines) is 1. The maximum absolute atomic E-state index is 12.5. The van der Waals surface area contributed by atoms with Gasteiger partial charge in [-0.1, -0.05) is 25.4 Å². The SMILES string of the molecule is CCN(CC)C1CCN(C(=O)c2cc(Cl)ccc2N)C1. The van der Waals surface area contributed by atoms with Gasteiger partial charge in [-0.2, -0.15) is 0 Å². The number of benzene rings is 1. The van der Waals surface area contributed by atoms with E-state index in [1.807, 2.05) is 4.90 Å². The molecular formula is C15H22ClN3O. The number of rotatable bonds is 4. The van der Waals surface area contributed by atoms with Crippen molar-refractivity contribution in [2.45, 2.75) is 26.3 Å². The molecule has 1 unspecified atom stereocenters. The van der Waals surface area contributed by atoms with E-state index in [1.165, 1.54) is 0 Å². The van der Waals surface area contributed by atoms with Crippen LogP contribution in [0, 0.1) is 0 Å². The Labute approximate surface area is 125 Å². The Balaban J connectivity index is 2.10. The monoisotopic (exact) mass is 295 g/mol. The van der Waals surface area contributed by atoms with Gasteiger partial charge in [-0.25, -0.2) is 0 Å². The summed E-state index contributed by atoms with van der Waals surface area (Å²) in [5.41, 5.74) is 6.89. The van der Waals surface area contributed by atoms with E-state index in [9.17, 15) is 4.79 Å². The van der Waals surface area contributed by atoms with Gasteiger partial charge in [0.1, 0.15) is 0 Å². The molecule has 1 fully saturated rings. The van der Waals surface area contributed by atoms with Gasteiger partial charge in [0.05, 0.1) is 5.56 Å². The lowest BCUT2D eigenvalue weighted by molar-refractivity contribution is 0.0779. The second-order valence-electron chi connectivity index (χ2n) is 5.15. The smallest absolute Gasteiger partial charge is 0.256 e. The minimum atomic E-state index is -0.0142. The summed E-state index contributed by atoms with van der Waals surface area (Å²) in [5, 5.41) is 0.544. The van der Waals surface area contributed by atoms with Gasteiger partial charge in [0.25, 0.3) is 5.91 Å². The minimum absolute atomic E-state index is 0.0142. The Bertz CT molecular complexity index is 488. The summed E-state index contributed by atoms with van der Waals surface area (Å²) in [6, 6.07) is 5.50. The van der Waals surface area contributed by atoms with Crippen molar-refractivity contribution in [2.75, 3.05) is 31.9 Å². The van der Waals surface area contributed by atoms with Crippen LogP contribution in [0.2, 0.25) is 5.02 Å². The first-order valence-corrected chi connectivity index (χ1v) is 7.53. The van der Waals surface area contributed by atoms with Gasteiger partial charge in [-0.15, -0.1) is 0 Å². The molecule has 110 valence electrons. The molecule has 1 amide bonds. The lowest BCUT2D eigenvalue weighted by atomic mass is 10.1. The molecule has 1 aliphatic heterocycles. The van der Waals surface area contributed by atoms with Crippen molar-refractivity contribution in [3.8, 4) is 0 Å². The standard InChI is InChI=1S/C15H22ClN3O/c1-3-18(4-2)12-7-8-19(10-12)15(20)13-9-11(16)5-6-14(13)17/h5-6,9,12H,3-4,7-8,10,17H2,1-2H3.